The van der Waals surface area contributed by atoms with Gasteiger partial charge in [0.15, 0.2) is 5.82 Å². The number of nitrogen functional groups attached to an aromatic ring is 1. The molecule has 0 radical (unpaired) electrons. The topological polar surface area (TPSA) is 77.8 Å². The van der Waals surface area contributed by atoms with E-state index in [1.807, 2.05) is 18.2 Å². The van der Waals surface area contributed by atoms with Crippen LogP contribution in [0.25, 0.3) is 11.5 Å². The summed E-state index contributed by atoms with van der Waals surface area (Å²) in [6.07, 6.45) is 2.28. The zero-order valence-electron chi connectivity index (χ0n) is 11.1. The summed E-state index contributed by atoms with van der Waals surface area (Å²) in [5.74, 6) is 1.58. The van der Waals surface area contributed by atoms with Gasteiger partial charge in [-0.2, -0.15) is 4.98 Å². The fourth-order valence-electron chi connectivity index (χ4n) is 1.95. The normalized spacial score (nSPS) is 10.7. The molecule has 0 aliphatic heterocycles. The molecule has 100 valence electrons. The van der Waals surface area contributed by atoms with Gasteiger partial charge in [0.1, 0.15) is 5.82 Å². The van der Waals surface area contributed by atoms with Gasteiger partial charge >= 0.3 is 0 Å². The Morgan fingerprint density at radius 2 is 2.00 bits per heavy atom. The lowest BCUT2D eigenvalue weighted by Gasteiger charge is -2.00. The van der Waals surface area contributed by atoms with Crippen molar-refractivity contribution in [3.63, 3.8) is 0 Å². The average molecular weight is 266 g/mol. The summed E-state index contributed by atoms with van der Waals surface area (Å²) in [4.78, 5) is 8.40. The van der Waals surface area contributed by atoms with Gasteiger partial charge in [-0.1, -0.05) is 29.4 Å². The number of nitrogens with two attached hydrogens (primary N) is 1. The van der Waals surface area contributed by atoms with Crippen LogP contribution < -0.4 is 5.73 Å². The van der Waals surface area contributed by atoms with E-state index in [2.05, 4.69) is 34.2 Å². The van der Waals surface area contributed by atoms with Crippen LogP contribution in [0.15, 0.2) is 47.1 Å². The molecule has 0 aliphatic carbocycles. The molecule has 0 fully saturated rings. The summed E-state index contributed by atoms with van der Waals surface area (Å²) in [5, 5.41) is 4.01. The molecule has 2 heterocycles. The van der Waals surface area contributed by atoms with Crippen LogP contribution in [0, 0.1) is 6.92 Å². The fraction of sp³-hybridized carbons (Fsp3) is 0.133. The minimum Gasteiger partial charge on any atom is -0.384 e. The summed E-state index contributed by atoms with van der Waals surface area (Å²) in [7, 11) is 0. The number of benzene rings is 1. The van der Waals surface area contributed by atoms with Gasteiger partial charge in [0.2, 0.25) is 0 Å². The van der Waals surface area contributed by atoms with Crippen molar-refractivity contribution in [3.05, 3.63) is 59.5 Å². The maximum atomic E-state index is 5.55. The third kappa shape index (κ3) is 2.51. The van der Waals surface area contributed by atoms with E-state index in [0.29, 0.717) is 24.0 Å². The first-order valence-corrected chi connectivity index (χ1v) is 6.31. The number of hydrogen-bond acceptors (Lipinski definition) is 5. The molecular weight excluding hydrogens is 252 g/mol. The van der Waals surface area contributed by atoms with E-state index in [1.165, 1.54) is 11.1 Å². The first kappa shape index (κ1) is 12.3. The lowest BCUT2D eigenvalue weighted by molar-refractivity contribution is 0.424. The molecule has 0 bridgehead atoms. The quantitative estimate of drug-likeness (QED) is 0.788. The molecule has 5 nitrogen and oxygen atoms in total. The van der Waals surface area contributed by atoms with E-state index < -0.39 is 0 Å². The van der Waals surface area contributed by atoms with Gasteiger partial charge < -0.3 is 10.3 Å². The predicted octanol–water partition coefficient (Wildman–Crippen LogP) is 2.61. The van der Waals surface area contributed by atoms with E-state index in [4.69, 9.17) is 10.3 Å². The molecule has 0 spiro atoms. The molecule has 0 unspecified atom stereocenters. The largest absolute Gasteiger partial charge is 0.384 e. The SMILES string of the molecule is Cc1ccccc1Cc1noc(-c2ccc(N)nc2)n1. The highest BCUT2D eigenvalue weighted by Gasteiger charge is 2.10. The molecule has 2 N–H and O–H groups in total. The summed E-state index contributed by atoms with van der Waals surface area (Å²) >= 11 is 0. The molecule has 3 aromatic rings. The van der Waals surface area contributed by atoms with Crippen LogP contribution in [0.2, 0.25) is 0 Å². The third-order valence-electron chi connectivity index (χ3n) is 3.11. The van der Waals surface area contributed by atoms with Gasteiger partial charge in [-0.25, -0.2) is 4.98 Å². The Morgan fingerprint density at radius 3 is 2.75 bits per heavy atom. The lowest BCUT2D eigenvalue weighted by atomic mass is 10.1. The summed E-state index contributed by atoms with van der Waals surface area (Å²) in [5.41, 5.74) is 8.72. The molecule has 20 heavy (non-hydrogen) atoms. The van der Waals surface area contributed by atoms with Crippen molar-refractivity contribution < 1.29 is 4.52 Å². The highest BCUT2D eigenvalue weighted by Crippen LogP contribution is 2.18. The van der Waals surface area contributed by atoms with Crippen LogP contribution >= 0.6 is 0 Å². The number of rotatable bonds is 3. The molecule has 0 amide bonds. The van der Waals surface area contributed by atoms with Gasteiger partial charge in [0, 0.05) is 12.6 Å². The maximum Gasteiger partial charge on any atom is 0.259 e. The second-order valence-electron chi connectivity index (χ2n) is 4.59. The summed E-state index contributed by atoms with van der Waals surface area (Å²) in [6.45, 7) is 2.07. The Labute approximate surface area is 116 Å². The second kappa shape index (κ2) is 5.13. The van der Waals surface area contributed by atoms with Crippen molar-refractivity contribution in [2.24, 2.45) is 0 Å². The Hall–Kier alpha value is -2.69. The highest BCUT2D eigenvalue weighted by molar-refractivity contribution is 5.53. The molecule has 0 saturated heterocycles. The smallest absolute Gasteiger partial charge is 0.259 e. The van der Waals surface area contributed by atoms with Gasteiger partial charge in [0.25, 0.3) is 5.89 Å². The van der Waals surface area contributed by atoms with E-state index in [-0.39, 0.29) is 0 Å². The number of pyridine rings is 1. The Bertz CT molecular complexity index is 719. The highest BCUT2D eigenvalue weighted by atomic mass is 16.5. The fourth-order valence-corrected chi connectivity index (χ4v) is 1.95. The average Bonchev–Trinajstić information content (AvgIpc) is 2.91. The van der Waals surface area contributed by atoms with Crippen molar-refractivity contribution in [3.8, 4) is 11.5 Å². The number of anilines is 1. The number of hydrogen-bond donors (Lipinski definition) is 1. The van der Waals surface area contributed by atoms with Crippen LogP contribution in [0.4, 0.5) is 5.82 Å². The van der Waals surface area contributed by atoms with E-state index >= 15 is 0 Å². The monoisotopic (exact) mass is 266 g/mol. The van der Waals surface area contributed by atoms with Crippen molar-refractivity contribution in [2.45, 2.75) is 13.3 Å². The van der Waals surface area contributed by atoms with E-state index in [1.54, 1.807) is 12.3 Å². The first-order valence-electron chi connectivity index (χ1n) is 6.31. The summed E-state index contributed by atoms with van der Waals surface area (Å²) in [6, 6.07) is 11.7. The van der Waals surface area contributed by atoms with Crippen molar-refractivity contribution in [2.75, 3.05) is 5.73 Å². The molecule has 0 atom stereocenters. The zero-order valence-corrected chi connectivity index (χ0v) is 11.1. The third-order valence-corrected chi connectivity index (χ3v) is 3.11. The Balaban J connectivity index is 1.84. The first-order chi connectivity index (χ1) is 9.72. The van der Waals surface area contributed by atoms with Crippen molar-refractivity contribution in [1.29, 1.82) is 0 Å². The summed E-state index contributed by atoms with van der Waals surface area (Å²) < 4.78 is 5.26. The van der Waals surface area contributed by atoms with Gasteiger partial charge in [0.05, 0.1) is 5.56 Å². The van der Waals surface area contributed by atoms with Gasteiger partial charge in [-0.05, 0) is 30.2 Å². The zero-order chi connectivity index (χ0) is 13.9. The molecule has 3 rings (SSSR count). The molecule has 5 heteroatoms. The van der Waals surface area contributed by atoms with Crippen LogP contribution in [0.1, 0.15) is 17.0 Å². The van der Waals surface area contributed by atoms with E-state index in [0.717, 1.165) is 5.56 Å². The molecule has 1 aromatic carbocycles. The number of aryl methyl sites for hydroxylation is 1. The number of aromatic nitrogens is 3. The Kier molecular flexibility index (Phi) is 3.16. The lowest BCUT2D eigenvalue weighted by Crippen LogP contribution is -1.93. The van der Waals surface area contributed by atoms with Crippen LogP contribution in [-0.2, 0) is 6.42 Å². The van der Waals surface area contributed by atoms with Gasteiger partial charge in [-0.3, -0.25) is 0 Å². The minimum atomic E-state index is 0.459. The molecule has 0 aliphatic rings. The van der Waals surface area contributed by atoms with Crippen molar-refractivity contribution >= 4 is 5.82 Å². The van der Waals surface area contributed by atoms with Gasteiger partial charge in [-0.15, -0.1) is 0 Å². The van der Waals surface area contributed by atoms with E-state index in [9.17, 15) is 0 Å². The predicted molar refractivity (Wildman–Crippen MR) is 75.9 cm³/mol. The number of nitrogens with zero attached hydrogens (tertiary/aromatic N) is 3. The molecule has 0 saturated carbocycles. The minimum absolute atomic E-state index is 0.459. The molecular formula is C15H14N4O. The van der Waals surface area contributed by atoms with Crippen molar-refractivity contribution in [1.82, 2.24) is 15.1 Å². The second-order valence-corrected chi connectivity index (χ2v) is 4.59. The standard InChI is InChI=1S/C15H14N4O/c1-10-4-2-3-5-11(10)8-14-18-15(20-19-14)12-6-7-13(16)17-9-12/h2-7,9H,8H2,1H3,(H2,16,17). The molecule has 2 aromatic heterocycles. The van der Waals surface area contributed by atoms with Crippen LogP contribution in [0.5, 0.6) is 0 Å². The maximum absolute atomic E-state index is 5.55. The Morgan fingerprint density at radius 1 is 1.15 bits per heavy atom. The van der Waals surface area contributed by atoms with Crippen LogP contribution in [0.3, 0.4) is 0 Å². The van der Waals surface area contributed by atoms with Crippen LogP contribution in [-0.4, -0.2) is 15.1 Å².